The molecule has 0 spiro atoms. The van der Waals surface area contributed by atoms with Crippen LogP contribution in [0, 0.1) is 0 Å². The number of morpholine rings is 1. The van der Waals surface area contributed by atoms with Crippen molar-refractivity contribution in [2.24, 2.45) is 0 Å². The van der Waals surface area contributed by atoms with E-state index >= 15 is 0 Å². The van der Waals surface area contributed by atoms with Crippen LogP contribution in [-0.2, 0) is 11.3 Å². The van der Waals surface area contributed by atoms with Crippen LogP contribution in [0.3, 0.4) is 0 Å². The van der Waals surface area contributed by atoms with Gasteiger partial charge < -0.3 is 15.2 Å². The second-order valence-electron chi connectivity index (χ2n) is 5.87. The van der Waals surface area contributed by atoms with Crippen LogP contribution in [0.4, 0.5) is 0 Å². The summed E-state index contributed by atoms with van der Waals surface area (Å²) in [5.74, 6) is -0.159. The Morgan fingerprint density at radius 1 is 1.33 bits per heavy atom. The fraction of sp³-hybridized carbons (Fsp3) is 0.389. The van der Waals surface area contributed by atoms with Gasteiger partial charge in [-0.05, 0) is 40.1 Å². The summed E-state index contributed by atoms with van der Waals surface area (Å²) in [4.78, 5) is 14.6. The monoisotopic (exact) mass is 346 g/mol. The van der Waals surface area contributed by atoms with Gasteiger partial charge in [0.15, 0.2) is 0 Å². The number of thiophene rings is 1. The number of aliphatic hydroxyl groups is 1. The third-order valence-corrected chi connectivity index (χ3v) is 4.78. The van der Waals surface area contributed by atoms with E-state index in [1.807, 2.05) is 35.0 Å². The smallest absolute Gasteiger partial charge is 0.251 e. The van der Waals surface area contributed by atoms with Gasteiger partial charge in [0, 0.05) is 31.7 Å². The second kappa shape index (κ2) is 8.39. The van der Waals surface area contributed by atoms with E-state index in [2.05, 4.69) is 10.2 Å². The molecule has 0 aliphatic carbocycles. The summed E-state index contributed by atoms with van der Waals surface area (Å²) in [6.45, 7) is 4.40. The molecule has 1 atom stereocenters. The SMILES string of the molecule is O=C(NCC(O)c1ccsc1)c1cccc(CN2CCOCC2)c1. The van der Waals surface area contributed by atoms with Crippen molar-refractivity contribution in [1.82, 2.24) is 10.2 Å². The molecule has 1 aromatic heterocycles. The van der Waals surface area contributed by atoms with Crippen molar-refractivity contribution in [3.63, 3.8) is 0 Å². The summed E-state index contributed by atoms with van der Waals surface area (Å²) >= 11 is 1.53. The number of hydrogen-bond donors (Lipinski definition) is 2. The van der Waals surface area contributed by atoms with Crippen LogP contribution in [0.2, 0.25) is 0 Å². The Morgan fingerprint density at radius 3 is 2.92 bits per heavy atom. The molecule has 0 radical (unpaired) electrons. The number of nitrogens with one attached hydrogen (secondary N) is 1. The van der Waals surface area contributed by atoms with Gasteiger partial charge in [-0.1, -0.05) is 12.1 Å². The lowest BCUT2D eigenvalue weighted by atomic mass is 10.1. The van der Waals surface area contributed by atoms with Crippen LogP contribution in [0.1, 0.15) is 27.6 Å². The largest absolute Gasteiger partial charge is 0.387 e. The quantitative estimate of drug-likeness (QED) is 0.840. The number of carbonyl (C=O) groups is 1. The number of carbonyl (C=O) groups excluding carboxylic acids is 1. The molecular weight excluding hydrogens is 324 g/mol. The van der Waals surface area contributed by atoms with Gasteiger partial charge >= 0.3 is 0 Å². The molecule has 1 aliphatic rings. The van der Waals surface area contributed by atoms with Gasteiger partial charge in [-0.25, -0.2) is 0 Å². The van der Waals surface area contributed by atoms with Crippen LogP contribution in [-0.4, -0.2) is 48.8 Å². The van der Waals surface area contributed by atoms with Gasteiger partial charge in [0.1, 0.15) is 0 Å². The highest BCUT2D eigenvalue weighted by atomic mass is 32.1. The predicted molar refractivity (Wildman–Crippen MR) is 94.2 cm³/mol. The topological polar surface area (TPSA) is 61.8 Å². The molecule has 1 saturated heterocycles. The molecule has 1 aliphatic heterocycles. The van der Waals surface area contributed by atoms with Gasteiger partial charge in [0.2, 0.25) is 0 Å². The summed E-state index contributed by atoms with van der Waals surface area (Å²) in [5, 5.41) is 16.7. The molecule has 2 N–H and O–H groups in total. The average Bonchev–Trinajstić information content (AvgIpc) is 3.15. The van der Waals surface area contributed by atoms with Gasteiger partial charge in [-0.3, -0.25) is 9.69 Å². The molecule has 1 aromatic carbocycles. The summed E-state index contributed by atoms with van der Waals surface area (Å²) in [6.07, 6.45) is -0.670. The fourth-order valence-electron chi connectivity index (χ4n) is 2.70. The third-order valence-electron chi connectivity index (χ3n) is 4.08. The van der Waals surface area contributed by atoms with Crippen molar-refractivity contribution in [2.75, 3.05) is 32.8 Å². The van der Waals surface area contributed by atoms with Crippen LogP contribution in [0.5, 0.6) is 0 Å². The van der Waals surface area contributed by atoms with E-state index < -0.39 is 6.10 Å². The number of nitrogens with zero attached hydrogens (tertiary/aromatic N) is 1. The molecule has 0 saturated carbocycles. The van der Waals surface area contributed by atoms with Crippen LogP contribution >= 0.6 is 11.3 Å². The zero-order valence-corrected chi connectivity index (χ0v) is 14.3. The molecule has 3 rings (SSSR count). The first kappa shape index (κ1) is 17.1. The van der Waals surface area contributed by atoms with Crippen LogP contribution in [0.15, 0.2) is 41.1 Å². The van der Waals surface area contributed by atoms with E-state index in [0.29, 0.717) is 5.56 Å². The maximum Gasteiger partial charge on any atom is 0.251 e. The zero-order chi connectivity index (χ0) is 16.8. The van der Waals surface area contributed by atoms with Gasteiger partial charge in [-0.15, -0.1) is 0 Å². The Labute approximate surface area is 145 Å². The molecule has 2 aromatic rings. The average molecular weight is 346 g/mol. The Bertz CT molecular complexity index is 654. The Kier molecular flexibility index (Phi) is 5.98. The molecule has 2 heterocycles. The molecule has 0 bridgehead atoms. The van der Waals surface area contributed by atoms with E-state index in [-0.39, 0.29) is 12.5 Å². The Hall–Kier alpha value is -1.73. The Balaban J connectivity index is 1.55. The number of benzene rings is 1. The highest BCUT2D eigenvalue weighted by Crippen LogP contribution is 2.15. The van der Waals surface area contributed by atoms with Crippen LogP contribution < -0.4 is 5.32 Å². The number of aliphatic hydroxyl groups excluding tert-OH is 1. The van der Waals surface area contributed by atoms with Crippen molar-refractivity contribution in [3.8, 4) is 0 Å². The van der Waals surface area contributed by atoms with E-state index in [4.69, 9.17) is 4.74 Å². The fourth-order valence-corrected chi connectivity index (χ4v) is 3.41. The highest BCUT2D eigenvalue weighted by molar-refractivity contribution is 7.07. The van der Waals surface area contributed by atoms with E-state index in [9.17, 15) is 9.90 Å². The standard InChI is InChI=1S/C18H22N2O3S/c21-17(16-4-9-24-13-16)11-19-18(22)15-3-1-2-14(10-15)12-20-5-7-23-8-6-20/h1-4,9-10,13,17,21H,5-8,11-12H2,(H,19,22). The molecule has 5 nitrogen and oxygen atoms in total. The molecule has 1 fully saturated rings. The first-order chi connectivity index (χ1) is 11.7. The van der Waals surface area contributed by atoms with Crippen molar-refractivity contribution < 1.29 is 14.6 Å². The molecular formula is C18H22N2O3S. The van der Waals surface area contributed by atoms with Crippen molar-refractivity contribution in [3.05, 3.63) is 57.8 Å². The lowest BCUT2D eigenvalue weighted by Gasteiger charge is -2.26. The lowest BCUT2D eigenvalue weighted by Crippen LogP contribution is -2.35. The maximum absolute atomic E-state index is 12.3. The van der Waals surface area contributed by atoms with Gasteiger partial charge in [0.05, 0.1) is 19.3 Å². The first-order valence-corrected chi connectivity index (χ1v) is 9.04. The normalized spacial score (nSPS) is 16.7. The molecule has 128 valence electrons. The number of ether oxygens (including phenoxy) is 1. The third kappa shape index (κ3) is 4.64. The maximum atomic E-state index is 12.3. The minimum atomic E-state index is -0.670. The molecule has 24 heavy (non-hydrogen) atoms. The summed E-state index contributed by atoms with van der Waals surface area (Å²) in [6, 6.07) is 9.52. The molecule has 1 amide bonds. The van der Waals surface area contributed by atoms with Crippen LogP contribution in [0.25, 0.3) is 0 Å². The first-order valence-electron chi connectivity index (χ1n) is 8.10. The lowest BCUT2D eigenvalue weighted by molar-refractivity contribution is 0.0342. The molecule has 6 heteroatoms. The second-order valence-corrected chi connectivity index (χ2v) is 6.65. The minimum Gasteiger partial charge on any atom is -0.387 e. The predicted octanol–water partition coefficient (Wildman–Crippen LogP) is 2.04. The zero-order valence-electron chi connectivity index (χ0n) is 13.5. The number of hydrogen-bond acceptors (Lipinski definition) is 5. The van der Waals surface area contributed by atoms with Crippen molar-refractivity contribution in [1.29, 1.82) is 0 Å². The number of rotatable bonds is 6. The van der Waals surface area contributed by atoms with E-state index in [0.717, 1.165) is 44.0 Å². The van der Waals surface area contributed by atoms with Crippen molar-refractivity contribution in [2.45, 2.75) is 12.6 Å². The van der Waals surface area contributed by atoms with E-state index in [1.54, 1.807) is 6.07 Å². The minimum absolute atomic E-state index is 0.159. The summed E-state index contributed by atoms with van der Waals surface area (Å²) in [5.41, 5.74) is 2.57. The summed E-state index contributed by atoms with van der Waals surface area (Å²) in [7, 11) is 0. The van der Waals surface area contributed by atoms with E-state index in [1.165, 1.54) is 11.3 Å². The highest BCUT2D eigenvalue weighted by Gasteiger charge is 2.13. The van der Waals surface area contributed by atoms with Gasteiger partial charge in [0.25, 0.3) is 5.91 Å². The van der Waals surface area contributed by atoms with Crippen molar-refractivity contribution >= 4 is 17.2 Å². The number of amides is 1. The summed E-state index contributed by atoms with van der Waals surface area (Å²) < 4.78 is 5.36. The molecule has 1 unspecified atom stereocenters. The van der Waals surface area contributed by atoms with Gasteiger partial charge in [-0.2, -0.15) is 11.3 Å². The Morgan fingerprint density at radius 2 is 2.17 bits per heavy atom.